The van der Waals surface area contributed by atoms with Gasteiger partial charge in [0, 0.05) is 29.8 Å². The van der Waals surface area contributed by atoms with Gasteiger partial charge < -0.3 is 11.1 Å². The molecule has 0 aliphatic heterocycles. The van der Waals surface area contributed by atoms with Gasteiger partial charge in [0.15, 0.2) is 0 Å². The molecule has 0 saturated carbocycles. The van der Waals surface area contributed by atoms with Gasteiger partial charge in [-0.2, -0.15) is 0 Å². The van der Waals surface area contributed by atoms with Crippen molar-refractivity contribution in [2.75, 3.05) is 6.54 Å². The monoisotopic (exact) mass is 237 g/mol. The minimum Gasteiger partial charge on any atom is -0.348 e. The molecular weight excluding hydrogens is 222 g/mol. The SMILES string of the molecule is Cc1ccc(C(=O)NC(C)CN)cc1[N+](=O)[O-]. The van der Waals surface area contributed by atoms with Crippen LogP contribution >= 0.6 is 0 Å². The zero-order valence-corrected chi connectivity index (χ0v) is 9.77. The normalized spacial score (nSPS) is 11.9. The highest BCUT2D eigenvalue weighted by molar-refractivity contribution is 5.95. The Morgan fingerprint density at radius 1 is 1.59 bits per heavy atom. The average molecular weight is 237 g/mol. The molecule has 0 heterocycles. The van der Waals surface area contributed by atoms with Crippen molar-refractivity contribution in [3.8, 4) is 0 Å². The number of nitrogens with zero attached hydrogens (tertiary/aromatic N) is 1. The molecule has 0 bridgehead atoms. The summed E-state index contributed by atoms with van der Waals surface area (Å²) in [6.07, 6.45) is 0. The molecule has 17 heavy (non-hydrogen) atoms. The first-order chi connectivity index (χ1) is 7.95. The summed E-state index contributed by atoms with van der Waals surface area (Å²) < 4.78 is 0. The van der Waals surface area contributed by atoms with Crippen molar-refractivity contribution in [1.29, 1.82) is 0 Å². The van der Waals surface area contributed by atoms with E-state index in [-0.39, 0.29) is 23.2 Å². The Balaban J connectivity index is 2.96. The van der Waals surface area contributed by atoms with E-state index in [1.54, 1.807) is 26.0 Å². The van der Waals surface area contributed by atoms with Gasteiger partial charge in [-0.05, 0) is 19.9 Å². The third-order valence-electron chi connectivity index (χ3n) is 2.40. The fraction of sp³-hybridized carbons (Fsp3) is 0.364. The number of nitro groups is 1. The lowest BCUT2D eigenvalue weighted by Crippen LogP contribution is -2.37. The molecular formula is C11H15N3O3. The highest BCUT2D eigenvalue weighted by atomic mass is 16.6. The maximum Gasteiger partial charge on any atom is 0.273 e. The predicted molar refractivity (Wildman–Crippen MR) is 63.8 cm³/mol. The smallest absolute Gasteiger partial charge is 0.273 e. The Hall–Kier alpha value is -1.95. The van der Waals surface area contributed by atoms with Crippen LogP contribution in [-0.4, -0.2) is 23.4 Å². The molecule has 1 unspecified atom stereocenters. The summed E-state index contributed by atoms with van der Waals surface area (Å²) in [4.78, 5) is 21.9. The fourth-order valence-electron chi connectivity index (χ4n) is 1.31. The highest BCUT2D eigenvalue weighted by Gasteiger charge is 2.15. The van der Waals surface area contributed by atoms with Crippen LogP contribution in [0.5, 0.6) is 0 Å². The number of carbonyl (C=O) groups excluding carboxylic acids is 1. The van der Waals surface area contributed by atoms with Crippen LogP contribution in [0.3, 0.4) is 0 Å². The van der Waals surface area contributed by atoms with Crippen LogP contribution < -0.4 is 11.1 Å². The van der Waals surface area contributed by atoms with E-state index in [9.17, 15) is 14.9 Å². The molecule has 0 aromatic heterocycles. The first-order valence-corrected chi connectivity index (χ1v) is 5.21. The van der Waals surface area contributed by atoms with Crippen molar-refractivity contribution in [2.24, 2.45) is 5.73 Å². The Labute approximate surface area is 99.0 Å². The van der Waals surface area contributed by atoms with Crippen molar-refractivity contribution in [1.82, 2.24) is 5.32 Å². The largest absolute Gasteiger partial charge is 0.348 e. The second kappa shape index (κ2) is 5.40. The van der Waals surface area contributed by atoms with Crippen molar-refractivity contribution >= 4 is 11.6 Å². The summed E-state index contributed by atoms with van der Waals surface area (Å²) in [5, 5.41) is 13.4. The highest BCUT2D eigenvalue weighted by Crippen LogP contribution is 2.19. The lowest BCUT2D eigenvalue weighted by molar-refractivity contribution is -0.385. The molecule has 3 N–H and O–H groups in total. The summed E-state index contributed by atoms with van der Waals surface area (Å²) in [6, 6.07) is 4.22. The molecule has 6 nitrogen and oxygen atoms in total. The van der Waals surface area contributed by atoms with E-state index in [1.807, 2.05) is 0 Å². The van der Waals surface area contributed by atoms with Crippen molar-refractivity contribution < 1.29 is 9.72 Å². The van der Waals surface area contributed by atoms with E-state index in [1.165, 1.54) is 6.07 Å². The number of nitrogens with two attached hydrogens (primary N) is 1. The Bertz CT molecular complexity index is 446. The van der Waals surface area contributed by atoms with Crippen LogP contribution in [0.1, 0.15) is 22.8 Å². The van der Waals surface area contributed by atoms with Gasteiger partial charge in [-0.25, -0.2) is 0 Å². The Morgan fingerprint density at radius 3 is 2.76 bits per heavy atom. The second-order valence-electron chi connectivity index (χ2n) is 3.87. The second-order valence-corrected chi connectivity index (χ2v) is 3.87. The lowest BCUT2D eigenvalue weighted by atomic mass is 10.1. The number of hydrogen-bond acceptors (Lipinski definition) is 4. The quantitative estimate of drug-likeness (QED) is 0.602. The van der Waals surface area contributed by atoms with Crippen LogP contribution in [0.2, 0.25) is 0 Å². The predicted octanol–water partition coefficient (Wildman–Crippen LogP) is 0.980. The minimum atomic E-state index is -0.502. The molecule has 1 rings (SSSR count). The Morgan fingerprint density at radius 2 is 2.24 bits per heavy atom. The van der Waals surface area contributed by atoms with E-state index in [0.29, 0.717) is 12.1 Å². The number of carbonyl (C=O) groups is 1. The van der Waals surface area contributed by atoms with Gasteiger partial charge in [-0.1, -0.05) is 6.07 Å². The van der Waals surface area contributed by atoms with E-state index in [0.717, 1.165) is 0 Å². The van der Waals surface area contributed by atoms with Gasteiger partial charge in [0.05, 0.1) is 4.92 Å². The minimum absolute atomic E-state index is 0.0574. The van der Waals surface area contributed by atoms with Gasteiger partial charge in [-0.15, -0.1) is 0 Å². The van der Waals surface area contributed by atoms with Gasteiger partial charge in [0.2, 0.25) is 0 Å². The van der Waals surface area contributed by atoms with Crippen LogP contribution in [0.4, 0.5) is 5.69 Å². The van der Waals surface area contributed by atoms with Gasteiger partial charge in [0.1, 0.15) is 0 Å². The molecule has 0 aliphatic carbocycles. The summed E-state index contributed by atoms with van der Waals surface area (Å²) in [7, 11) is 0. The number of nitro benzene ring substituents is 1. The number of amides is 1. The number of aryl methyl sites for hydroxylation is 1. The van der Waals surface area contributed by atoms with Crippen LogP contribution in [0.15, 0.2) is 18.2 Å². The number of nitrogens with one attached hydrogen (secondary N) is 1. The van der Waals surface area contributed by atoms with E-state index < -0.39 is 4.92 Å². The lowest BCUT2D eigenvalue weighted by Gasteiger charge is -2.11. The van der Waals surface area contributed by atoms with E-state index in [2.05, 4.69) is 5.32 Å². The van der Waals surface area contributed by atoms with Crippen molar-refractivity contribution in [2.45, 2.75) is 19.9 Å². The maximum atomic E-state index is 11.7. The molecule has 1 aromatic carbocycles. The zero-order valence-electron chi connectivity index (χ0n) is 9.77. The first-order valence-electron chi connectivity index (χ1n) is 5.21. The maximum absolute atomic E-state index is 11.7. The molecule has 1 atom stereocenters. The van der Waals surface area contributed by atoms with Gasteiger partial charge in [-0.3, -0.25) is 14.9 Å². The van der Waals surface area contributed by atoms with Crippen LogP contribution in [-0.2, 0) is 0 Å². The molecule has 0 saturated heterocycles. The Kier molecular flexibility index (Phi) is 4.17. The third kappa shape index (κ3) is 3.25. The van der Waals surface area contributed by atoms with Crippen molar-refractivity contribution in [3.63, 3.8) is 0 Å². The van der Waals surface area contributed by atoms with E-state index >= 15 is 0 Å². The molecule has 0 aliphatic rings. The molecule has 1 amide bonds. The first kappa shape index (κ1) is 13.1. The van der Waals surface area contributed by atoms with E-state index in [4.69, 9.17) is 5.73 Å². The third-order valence-corrected chi connectivity index (χ3v) is 2.40. The molecule has 1 aromatic rings. The molecule has 92 valence electrons. The standard InChI is InChI=1S/C11H15N3O3/c1-7-3-4-9(5-10(7)14(16)17)11(15)13-8(2)6-12/h3-5,8H,6,12H2,1-2H3,(H,13,15). The van der Waals surface area contributed by atoms with Crippen molar-refractivity contribution in [3.05, 3.63) is 39.4 Å². The average Bonchev–Trinajstić information content (AvgIpc) is 2.28. The summed E-state index contributed by atoms with van der Waals surface area (Å²) in [5.74, 6) is -0.356. The van der Waals surface area contributed by atoms with Crippen LogP contribution in [0.25, 0.3) is 0 Å². The topological polar surface area (TPSA) is 98.3 Å². The molecule has 0 radical (unpaired) electrons. The fourth-order valence-corrected chi connectivity index (χ4v) is 1.31. The molecule has 0 fully saturated rings. The van der Waals surface area contributed by atoms with Gasteiger partial charge >= 0.3 is 0 Å². The molecule has 0 spiro atoms. The van der Waals surface area contributed by atoms with Gasteiger partial charge in [0.25, 0.3) is 11.6 Å². The zero-order chi connectivity index (χ0) is 13.0. The summed E-state index contributed by atoms with van der Waals surface area (Å²) >= 11 is 0. The number of rotatable bonds is 4. The summed E-state index contributed by atoms with van der Waals surface area (Å²) in [6.45, 7) is 3.71. The number of benzene rings is 1. The molecule has 6 heteroatoms. The summed E-state index contributed by atoms with van der Waals surface area (Å²) in [5.41, 5.74) is 6.11. The number of hydrogen-bond donors (Lipinski definition) is 2. The van der Waals surface area contributed by atoms with Crippen LogP contribution in [0, 0.1) is 17.0 Å².